The van der Waals surface area contributed by atoms with Crippen LogP contribution in [0.4, 0.5) is 11.4 Å². The fourth-order valence-corrected chi connectivity index (χ4v) is 2.75. The van der Waals surface area contributed by atoms with Crippen LogP contribution >= 0.6 is 0 Å². The van der Waals surface area contributed by atoms with Crippen molar-refractivity contribution in [1.29, 1.82) is 0 Å². The third kappa shape index (κ3) is 4.64. The molecule has 1 aliphatic rings. The molecule has 0 aromatic heterocycles. The Kier molecular flexibility index (Phi) is 5.40. The second-order valence-electron chi connectivity index (χ2n) is 5.93. The zero-order valence-corrected chi connectivity index (χ0v) is 14.1. The van der Waals surface area contributed by atoms with Crippen molar-refractivity contribution in [3.8, 4) is 11.5 Å². The Morgan fingerprint density at radius 2 is 2.04 bits per heavy atom. The van der Waals surface area contributed by atoms with Gasteiger partial charge in [-0.3, -0.25) is 4.79 Å². The Morgan fingerprint density at radius 1 is 1.28 bits per heavy atom. The number of amides is 1. The molecule has 0 radical (unpaired) electrons. The SMILES string of the molecule is CC(=O)Nc1ccc(OC[C@@H](O)CN2CCOc3ccccc32)cc1. The highest BCUT2D eigenvalue weighted by molar-refractivity contribution is 5.88. The van der Waals surface area contributed by atoms with Gasteiger partial charge in [0.2, 0.25) is 5.91 Å². The number of carbonyl (C=O) groups is 1. The summed E-state index contributed by atoms with van der Waals surface area (Å²) < 4.78 is 11.3. The fourth-order valence-electron chi connectivity index (χ4n) is 2.75. The number of para-hydroxylation sites is 2. The summed E-state index contributed by atoms with van der Waals surface area (Å²) in [5.41, 5.74) is 1.71. The van der Waals surface area contributed by atoms with Crippen LogP contribution in [0.3, 0.4) is 0 Å². The van der Waals surface area contributed by atoms with Gasteiger partial charge in [0.1, 0.15) is 30.8 Å². The fraction of sp³-hybridized carbons (Fsp3) is 0.316. The van der Waals surface area contributed by atoms with Gasteiger partial charge in [-0.1, -0.05) is 12.1 Å². The molecule has 132 valence electrons. The summed E-state index contributed by atoms with van der Waals surface area (Å²) in [5.74, 6) is 1.38. The minimum absolute atomic E-state index is 0.116. The largest absolute Gasteiger partial charge is 0.491 e. The van der Waals surface area contributed by atoms with Crippen molar-refractivity contribution in [3.05, 3.63) is 48.5 Å². The number of aliphatic hydroxyl groups is 1. The molecule has 0 saturated heterocycles. The molecule has 0 fully saturated rings. The van der Waals surface area contributed by atoms with Crippen molar-refractivity contribution < 1.29 is 19.4 Å². The molecule has 0 aliphatic carbocycles. The molecule has 0 spiro atoms. The van der Waals surface area contributed by atoms with Gasteiger partial charge in [0.05, 0.1) is 12.2 Å². The second-order valence-corrected chi connectivity index (χ2v) is 5.93. The quantitative estimate of drug-likeness (QED) is 0.843. The summed E-state index contributed by atoms with van der Waals surface area (Å²) in [6.45, 7) is 3.47. The summed E-state index contributed by atoms with van der Waals surface area (Å²) >= 11 is 0. The van der Waals surface area contributed by atoms with Gasteiger partial charge in [0, 0.05) is 19.2 Å². The summed E-state index contributed by atoms with van der Waals surface area (Å²) in [4.78, 5) is 13.1. The summed E-state index contributed by atoms with van der Waals surface area (Å²) in [7, 11) is 0. The van der Waals surface area contributed by atoms with Gasteiger partial charge in [-0.05, 0) is 36.4 Å². The molecule has 6 heteroatoms. The first kappa shape index (κ1) is 17.1. The predicted octanol–water partition coefficient (Wildman–Crippen LogP) is 2.28. The van der Waals surface area contributed by atoms with Gasteiger partial charge in [-0.15, -0.1) is 0 Å². The predicted molar refractivity (Wildman–Crippen MR) is 96.4 cm³/mol. The van der Waals surface area contributed by atoms with E-state index >= 15 is 0 Å². The Hall–Kier alpha value is -2.73. The van der Waals surface area contributed by atoms with Crippen LogP contribution in [-0.2, 0) is 4.79 Å². The average Bonchev–Trinajstić information content (AvgIpc) is 2.61. The molecule has 0 saturated carbocycles. The van der Waals surface area contributed by atoms with Gasteiger partial charge >= 0.3 is 0 Å². The number of nitrogens with one attached hydrogen (secondary N) is 1. The van der Waals surface area contributed by atoms with Crippen LogP contribution < -0.4 is 19.7 Å². The van der Waals surface area contributed by atoms with Gasteiger partial charge in [0.25, 0.3) is 0 Å². The van der Waals surface area contributed by atoms with E-state index in [9.17, 15) is 9.90 Å². The Balaban J connectivity index is 1.52. The van der Waals surface area contributed by atoms with Crippen LogP contribution in [0.1, 0.15) is 6.92 Å². The van der Waals surface area contributed by atoms with Crippen LogP contribution in [0.2, 0.25) is 0 Å². The molecule has 2 N–H and O–H groups in total. The number of benzene rings is 2. The van der Waals surface area contributed by atoms with Gasteiger partial charge in [-0.25, -0.2) is 0 Å². The minimum atomic E-state index is -0.624. The van der Waals surface area contributed by atoms with Crippen molar-refractivity contribution in [2.24, 2.45) is 0 Å². The van der Waals surface area contributed by atoms with Gasteiger partial charge in [-0.2, -0.15) is 0 Å². The average molecular weight is 342 g/mol. The molecule has 6 nitrogen and oxygen atoms in total. The number of aliphatic hydroxyl groups excluding tert-OH is 1. The molecular formula is C19H22N2O4. The lowest BCUT2D eigenvalue weighted by Crippen LogP contribution is -2.40. The third-order valence-electron chi connectivity index (χ3n) is 3.87. The lowest BCUT2D eigenvalue weighted by atomic mass is 10.2. The van der Waals surface area contributed by atoms with Crippen LogP contribution in [0.15, 0.2) is 48.5 Å². The van der Waals surface area contributed by atoms with Gasteiger partial charge in [0.15, 0.2) is 0 Å². The summed E-state index contributed by atoms with van der Waals surface area (Å²) in [6, 6.07) is 14.9. The first-order valence-corrected chi connectivity index (χ1v) is 8.27. The van der Waals surface area contributed by atoms with Crippen LogP contribution in [0.5, 0.6) is 11.5 Å². The number of ether oxygens (including phenoxy) is 2. The number of β-amino-alcohol motifs (C(OH)–C–C–N with tert-alkyl or cyclic N) is 1. The lowest BCUT2D eigenvalue weighted by Gasteiger charge is -2.32. The molecule has 25 heavy (non-hydrogen) atoms. The molecular weight excluding hydrogens is 320 g/mol. The Morgan fingerprint density at radius 3 is 2.80 bits per heavy atom. The Labute approximate surface area is 147 Å². The molecule has 0 unspecified atom stereocenters. The zero-order valence-electron chi connectivity index (χ0n) is 14.1. The van der Waals surface area contributed by atoms with Crippen molar-refractivity contribution in [3.63, 3.8) is 0 Å². The maximum atomic E-state index is 11.0. The number of rotatable bonds is 6. The summed E-state index contributed by atoms with van der Waals surface area (Å²) in [5, 5.41) is 13.0. The molecule has 1 aliphatic heterocycles. The topological polar surface area (TPSA) is 71.0 Å². The van der Waals surface area contributed by atoms with Crippen molar-refractivity contribution >= 4 is 17.3 Å². The van der Waals surface area contributed by atoms with Crippen LogP contribution in [0, 0.1) is 0 Å². The van der Waals surface area contributed by atoms with Crippen molar-refractivity contribution in [2.75, 3.05) is 36.5 Å². The lowest BCUT2D eigenvalue weighted by molar-refractivity contribution is -0.114. The first-order valence-electron chi connectivity index (χ1n) is 8.27. The van der Waals surface area contributed by atoms with Crippen LogP contribution in [-0.4, -0.2) is 43.4 Å². The van der Waals surface area contributed by atoms with E-state index in [2.05, 4.69) is 10.2 Å². The summed E-state index contributed by atoms with van der Waals surface area (Å²) in [6.07, 6.45) is -0.624. The number of anilines is 2. The minimum Gasteiger partial charge on any atom is -0.491 e. The van der Waals surface area contributed by atoms with E-state index in [1.807, 2.05) is 24.3 Å². The van der Waals surface area contributed by atoms with Crippen molar-refractivity contribution in [2.45, 2.75) is 13.0 Å². The number of nitrogens with zero attached hydrogens (tertiary/aromatic N) is 1. The number of carbonyl (C=O) groups excluding carboxylic acids is 1. The molecule has 2 aromatic carbocycles. The van der Waals surface area contributed by atoms with Gasteiger partial charge < -0.3 is 24.8 Å². The third-order valence-corrected chi connectivity index (χ3v) is 3.87. The highest BCUT2D eigenvalue weighted by atomic mass is 16.5. The van der Waals surface area contributed by atoms with E-state index < -0.39 is 6.10 Å². The van der Waals surface area contributed by atoms with E-state index in [0.717, 1.165) is 18.0 Å². The zero-order chi connectivity index (χ0) is 17.6. The van der Waals surface area contributed by atoms with Crippen molar-refractivity contribution in [1.82, 2.24) is 0 Å². The second kappa shape index (κ2) is 7.90. The maximum absolute atomic E-state index is 11.0. The monoisotopic (exact) mass is 342 g/mol. The normalized spacial score (nSPS) is 14.2. The number of hydrogen-bond donors (Lipinski definition) is 2. The number of fused-ring (bicyclic) bond motifs is 1. The highest BCUT2D eigenvalue weighted by Gasteiger charge is 2.20. The van der Waals surface area contributed by atoms with Crippen LogP contribution in [0.25, 0.3) is 0 Å². The molecule has 1 atom stereocenters. The molecule has 2 aromatic rings. The van der Waals surface area contributed by atoms with E-state index in [1.54, 1.807) is 24.3 Å². The first-order chi connectivity index (χ1) is 12.1. The standard InChI is InChI=1S/C19H22N2O4/c1-14(22)20-15-6-8-17(9-7-15)25-13-16(23)12-21-10-11-24-19-5-3-2-4-18(19)21/h2-9,16,23H,10-13H2,1H3,(H,20,22)/t16-/m0/s1. The smallest absolute Gasteiger partial charge is 0.221 e. The van der Waals surface area contributed by atoms with E-state index in [-0.39, 0.29) is 12.5 Å². The Bertz CT molecular complexity index is 718. The maximum Gasteiger partial charge on any atom is 0.221 e. The molecule has 3 rings (SSSR count). The molecule has 1 heterocycles. The number of hydrogen-bond acceptors (Lipinski definition) is 5. The molecule has 1 amide bonds. The van der Waals surface area contributed by atoms with E-state index in [4.69, 9.17) is 9.47 Å². The van der Waals surface area contributed by atoms with E-state index in [0.29, 0.717) is 24.6 Å². The molecule has 0 bridgehead atoms. The van der Waals surface area contributed by atoms with E-state index in [1.165, 1.54) is 6.92 Å². The highest BCUT2D eigenvalue weighted by Crippen LogP contribution is 2.30.